The van der Waals surface area contributed by atoms with Gasteiger partial charge in [0, 0.05) is 18.8 Å². The predicted molar refractivity (Wildman–Crippen MR) is 102 cm³/mol. The Kier molecular flexibility index (Phi) is 7.40. The molecule has 6 heteroatoms. The van der Waals surface area contributed by atoms with Crippen molar-refractivity contribution in [2.45, 2.75) is 26.2 Å². The van der Waals surface area contributed by atoms with Crippen LogP contribution in [0.1, 0.15) is 26.2 Å². The maximum Gasteiger partial charge on any atom is 0.170 e. The summed E-state index contributed by atoms with van der Waals surface area (Å²) in [4.78, 5) is 2.55. The summed E-state index contributed by atoms with van der Waals surface area (Å²) in [6.07, 6.45) is 3.79. The second-order valence-corrected chi connectivity index (χ2v) is 6.95. The highest BCUT2D eigenvalue weighted by Crippen LogP contribution is 2.27. The second kappa shape index (κ2) is 9.30. The van der Waals surface area contributed by atoms with Crippen molar-refractivity contribution < 1.29 is 4.74 Å². The van der Waals surface area contributed by atoms with Gasteiger partial charge < -0.3 is 20.3 Å². The number of thiocarbonyl (C=S) groups is 1. The van der Waals surface area contributed by atoms with Gasteiger partial charge in [0.05, 0.1) is 12.1 Å². The molecule has 1 heterocycles. The van der Waals surface area contributed by atoms with Crippen molar-refractivity contribution in [1.82, 2.24) is 10.2 Å². The lowest BCUT2D eigenvalue weighted by Gasteiger charge is -2.30. The normalized spacial score (nSPS) is 18.5. The molecule has 128 valence electrons. The Morgan fingerprint density at radius 2 is 2.30 bits per heavy atom. The molecule has 2 rings (SSSR count). The van der Waals surface area contributed by atoms with Crippen LogP contribution in [-0.4, -0.2) is 43.3 Å². The van der Waals surface area contributed by atoms with Crippen LogP contribution >= 0.6 is 23.8 Å². The molecule has 0 bridgehead atoms. The first kappa shape index (κ1) is 18.3. The fourth-order valence-electron chi connectivity index (χ4n) is 2.91. The Bertz CT molecular complexity index is 527. The summed E-state index contributed by atoms with van der Waals surface area (Å²) < 4.78 is 5.14. The first-order valence-electron chi connectivity index (χ1n) is 8.19. The molecular formula is C17H26ClN3OS. The molecule has 1 atom stereocenters. The molecule has 0 aliphatic carbocycles. The maximum absolute atomic E-state index is 6.10. The number of rotatable bonds is 6. The molecule has 1 aliphatic heterocycles. The molecule has 2 N–H and O–H groups in total. The molecule has 0 aromatic heterocycles. The number of methoxy groups -OCH3 is 1. The van der Waals surface area contributed by atoms with Crippen LogP contribution in [0.5, 0.6) is 5.75 Å². The number of hydrogen-bond donors (Lipinski definition) is 2. The largest absolute Gasteiger partial charge is 0.495 e. The van der Waals surface area contributed by atoms with Crippen molar-refractivity contribution >= 4 is 34.6 Å². The van der Waals surface area contributed by atoms with E-state index in [1.165, 1.54) is 25.9 Å². The molecule has 1 saturated heterocycles. The van der Waals surface area contributed by atoms with Crippen LogP contribution in [0, 0.1) is 5.92 Å². The molecule has 1 fully saturated rings. The molecule has 0 spiro atoms. The van der Waals surface area contributed by atoms with Gasteiger partial charge in [-0.05, 0) is 68.7 Å². The minimum atomic E-state index is 0.569. The molecule has 0 amide bonds. The van der Waals surface area contributed by atoms with Gasteiger partial charge in [-0.2, -0.15) is 0 Å². The lowest BCUT2D eigenvalue weighted by molar-refractivity contribution is 0.182. The lowest BCUT2D eigenvalue weighted by Crippen LogP contribution is -2.37. The Morgan fingerprint density at radius 3 is 3.00 bits per heavy atom. The van der Waals surface area contributed by atoms with Crippen LogP contribution in [0.4, 0.5) is 5.69 Å². The highest BCUT2D eigenvalue weighted by molar-refractivity contribution is 7.80. The Morgan fingerprint density at radius 1 is 1.48 bits per heavy atom. The van der Waals surface area contributed by atoms with Gasteiger partial charge in [0.15, 0.2) is 5.11 Å². The van der Waals surface area contributed by atoms with Gasteiger partial charge in [0.1, 0.15) is 5.75 Å². The fourth-order valence-corrected chi connectivity index (χ4v) is 3.39. The molecule has 1 aliphatic rings. The van der Waals surface area contributed by atoms with Crippen LogP contribution in [0.3, 0.4) is 0 Å². The van der Waals surface area contributed by atoms with Crippen LogP contribution in [-0.2, 0) is 0 Å². The van der Waals surface area contributed by atoms with Crippen molar-refractivity contribution in [3.63, 3.8) is 0 Å². The van der Waals surface area contributed by atoms with Gasteiger partial charge in [-0.25, -0.2) is 0 Å². The van der Waals surface area contributed by atoms with Gasteiger partial charge in [0.2, 0.25) is 0 Å². The summed E-state index contributed by atoms with van der Waals surface area (Å²) in [6.45, 7) is 6.81. The average Bonchev–Trinajstić information content (AvgIpc) is 2.52. The third-order valence-electron chi connectivity index (χ3n) is 4.09. The zero-order valence-electron chi connectivity index (χ0n) is 13.9. The average molecular weight is 356 g/mol. The third kappa shape index (κ3) is 6.16. The summed E-state index contributed by atoms with van der Waals surface area (Å²) >= 11 is 11.4. The number of hydrogen-bond acceptors (Lipinski definition) is 3. The molecule has 1 aromatic rings. The van der Waals surface area contributed by atoms with Crippen molar-refractivity contribution in [3.05, 3.63) is 23.2 Å². The van der Waals surface area contributed by atoms with Crippen molar-refractivity contribution in [1.29, 1.82) is 0 Å². The van der Waals surface area contributed by atoms with Gasteiger partial charge in [-0.15, -0.1) is 0 Å². The van der Waals surface area contributed by atoms with Crippen LogP contribution in [0.2, 0.25) is 5.02 Å². The summed E-state index contributed by atoms with van der Waals surface area (Å²) in [5.74, 6) is 1.49. The smallest absolute Gasteiger partial charge is 0.170 e. The molecule has 23 heavy (non-hydrogen) atoms. The van der Waals surface area contributed by atoms with E-state index in [9.17, 15) is 0 Å². The van der Waals surface area contributed by atoms with Crippen molar-refractivity contribution in [3.8, 4) is 5.75 Å². The van der Waals surface area contributed by atoms with Crippen molar-refractivity contribution in [2.24, 2.45) is 5.92 Å². The first-order valence-corrected chi connectivity index (χ1v) is 8.98. The summed E-state index contributed by atoms with van der Waals surface area (Å²) in [5, 5.41) is 7.59. The number of nitrogens with zero attached hydrogens (tertiary/aromatic N) is 1. The van der Waals surface area contributed by atoms with Gasteiger partial charge in [0.25, 0.3) is 0 Å². The van der Waals surface area contributed by atoms with Crippen molar-refractivity contribution in [2.75, 3.05) is 38.6 Å². The monoisotopic (exact) mass is 355 g/mol. The number of piperidine rings is 1. The van der Waals surface area contributed by atoms with Crippen LogP contribution in [0.25, 0.3) is 0 Å². The fraction of sp³-hybridized carbons (Fsp3) is 0.588. The second-order valence-electron chi connectivity index (χ2n) is 6.13. The van der Waals surface area contributed by atoms with Crippen LogP contribution in [0.15, 0.2) is 18.2 Å². The number of nitrogens with one attached hydrogen (secondary N) is 2. The van der Waals surface area contributed by atoms with E-state index in [2.05, 4.69) is 22.5 Å². The maximum atomic E-state index is 6.10. The van der Waals surface area contributed by atoms with Gasteiger partial charge in [-0.1, -0.05) is 18.5 Å². The highest BCUT2D eigenvalue weighted by atomic mass is 35.5. The minimum absolute atomic E-state index is 0.569. The molecule has 0 radical (unpaired) electrons. The highest BCUT2D eigenvalue weighted by Gasteiger charge is 2.15. The van der Waals surface area contributed by atoms with E-state index < -0.39 is 0 Å². The Labute approximate surface area is 149 Å². The molecule has 1 aromatic carbocycles. The Hall–Kier alpha value is -1.04. The lowest BCUT2D eigenvalue weighted by atomic mass is 10.0. The molecular weight excluding hydrogens is 330 g/mol. The zero-order valence-corrected chi connectivity index (χ0v) is 15.5. The summed E-state index contributed by atoms with van der Waals surface area (Å²) in [7, 11) is 1.60. The van der Waals surface area contributed by atoms with E-state index in [4.69, 9.17) is 28.6 Å². The quantitative estimate of drug-likeness (QED) is 0.600. The number of anilines is 1. The van der Waals surface area contributed by atoms with Gasteiger partial charge in [-0.3, -0.25) is 0 Å². The number of ether oxygens (including phenoxy) is 1. The standard InChI is InChI=1S/C17H26ClN3OS/c1-13-5-3-9-21(12-13)10-4-8-19-17(23)20-14-6-7-16(22-2)15(18)11-14/h6-7,11,13H,3-5,8-10,12H2,1-2H3,(H2,19,20,23)/t13-/m0/s1. The van der Waals surface area contributed by atoms with E-state index in [1.54, 1.807) is 7.11 Å². The minimum Gasteiger partial charge on any atom is -0.495 e. The van der Waals surface area contributed by atoms with Crippen LogP contribution < -0.4 is 15.4 Å². The zero-order chi connectivity index (χ0) is 16.7. The Balaban J connectivity index is 1.66. The SMILES string of the molecule is COc1ccc(NC(=S)NCCCN2CCC[C@H](C)C2)cc1Cl. The number of halogens is 1. The summed E-state index contributed by atoms with van der Waals surface area (Å²) in [5.41, 5.74) is 0.859. The summed E-state index contributed by atoms with van der Waals surface area (Å²) in [6, 6.07) is 5.53. The number of benzene rings is 1. The van der Waals surface area contributed by atoms with E-state index in [0.29, 0.717) is 15.9 Å². The molecule has 0 unspecified atom stereocenters. The molecule has 0 saturated carbocycles. The van der Waals surface area contributed by atoms with E-state index in [1.807, 2.05) is 18.2 Å². The third-order valence-corrected chi connectivity index (χ3v) is 4.63. The van der Waals surface area contributed by atoms with E-state index in [-0.39, 0.29) is 0 Å². The van der Waals surface area contributed by atoms with E-state index in [0.717, 1.165) is 31.1 Å². The topological polar surface area (TPSA) is 36.5 Å². The van der Waals surface area contributed by atoms with Gasteiger partial charge >= 0.3 is 0 Å². The van der Waals surface area contributed by atoms with E-state index >= 15 is 0 Å². The number of likely N-dealkylation sites (tertiary alicyclic amines) is 1. The first-order chi connectivity index (χ1) is 11.1. The predicted octanol–water partition coefficient (Wildman–Crippen LogP) is 3.76. The molecule has 4 nitrogen and oxygen atoms in total.